The highest BCUT2D eigenvalue weighted by molar-refractivity contribution is 5.81. The second kappa shape index (κ2) is 7.54. The van der Waals surface area contributed by atoms with Crippen molar-refractivity contribution in [3.05, 3.63) is 23.8 Å². The summed E-state index contributed by atoms with van der Waals surface area (Å²) in [5.74, 6) is 2.55. The molecule has 1 aromatic carbocycles. The van der Waals surface area contributed by atoms with Crippen molar-refractivity contribution in [1.82, 2.24) is 10.2 Å². The molecule has 1 aromatic rings. The molecule has 5 heteroatoms. The lowest BCUT2D eigenvalue weighted by molar-refractivity contribution is -0.0667. The molecule has 1 saturated heterocycles. The molecule has 0 spiro atoms. The van der Waals surface area contributed by atoms with E-state index in [1.165, 1.54) is 5.56 Å². The summed E-state index contributed by atoms with van der Waals surface area (Å²) in [6.07, 6.45) is 2.02. The number of aliphatic imine (C=N–C) groups is 1. The fourth-order valence-corrected chi connectivity index (χ4v) is 3.22. The van der Waals surface area contributed by atoms with E-state index < -0.39 is 0 Å². The fourth-order valence-electron chi connectivity index (χ4n) is 3.22. The largest absolute Gasteiger partial charge is 0.493 e. The summed E-state index contributed by atoms with van der Waals surface area (Å²) in [6.45, 7) is 11.1. The van der Waals surface area contributed by atoms with Crippen LogP contribution in [-0.4, -0.2) is 50.8 Å². The Morgan fingerprint density at radius 3 is 2.36 bits per heavy atom. The van der Waals surface area contributed by atoms with Crippen LogP contribution in [0, 0.1) is 5.41 Å². The lowest BCUT2D eigenvalue weighted by Crippen LogP contribution is -2.72. The van der Waals surface area contributed by atoms with Crippen LogP contribution in [-0.2, 0) is 6.42 Å². The first-order chi connectivity index (χ1) is 11.8. The summed E-state index contributed by atoms with van der Waals surface area (Å²) in [5, 5.41) is 3.51. The number of ether oxygens (including phenoxy) is 2. The van der Waals surface area contributed by atoms with E-state index in [9.17, 15) is 0 Å². The van der Waals surface area contributed by atoms with Gasteiger partial charge in [0.1, 0.15) is 0 Å². The van der Waals surface area contributed by atoms with Crippen LogP contribution in [0.25, 0.3) is 0 Å². The molecular weight excluding hydrogens is 314 g/mol. The van der Waals surface area contributed by atoms with Crippen LogP contribution in [0.1, 0.15) is 39.7 Å². The van der Waals surface area contributed by atoms with Crippen molar-refractivity contribution < 1.29 is 9.47 Å². The van der Waals surface area contributed by atoms with E-state index in [0.29, 0.717) is 5.41 Å². The Kier molecular flexibility index (Phi) is 5.86. The Morgan fingerprint density at radius 2 is 1.84 bits per heavy atom. The van der Waals surface area contributed by atoms with Gasteiger partial charge in [0.15, 0.2) is 17.5 Å². The minimum atomic E-state index is 0.123. The number of guanidine groups is 1. The van der Waals surface area contributed by atoms with Gasteiger partial charge in [-0.2, -0.15) is 0 Å². The lowest BCUT2D eigenvalue weighted by Gasteiger charge is -2.62. The van der Waals surface area contributed by atoms with Crippen molar-refractivity contribution in [2.45, 2.75) is 46.1 Å². The smallest absolute Gasteiger partial charge is 0.194 e. The number of benzene rings is 1. The molecule has 0 bridgehead atoms. The molecule has 0 amide bonds. The number of hydrogen-bond acceptors (Lipinski definition) is 3. The standard InChI is InChI=1S/C20H33N3O2/c1-19(2)14-23(20(19,3)4)18(21-5)22-12-8-9-15-10-11-16(24-6)17(13-15)25-7/h10-11,13H,8-9,12,14H2,1-7H3,(H,21,22). The van der Waals surface area contributed by atoms with Gasteiger partial charge in [-0.25, -0.2) is 0 Å². The summed E-state index contributed by atoms with van der Waals surface area (Å²) in [4.78, 5) is 6.83. The van der Waals surface area contributed by atoms with Gasteiger partial charge in [0, 0.05) is 31.1 Å². The Morgan fingerprint density at radius 1 is 1.16 bits per heavy atom. The molecule has 2 rings (SSSR count). The number of methoxy groups -OCH3 is 2. The van der Waals surface area contributed by atoms with Gasteiger partial charge in [-0.15, -0.1) is 0 Å². The zero-order chi connectivity index (χ0) is 18.7. The van der Waals surface area contributed by atoms with Gasteiger partial charge in [0.2, 0.25) is 0 Å². The first kappa shape index (κ1) is 19.4. The topological polar surface area (TPSA) is 46.1 Å². The molecule has 0 radical (unpaired) electrons. The first-order valence-corrected chi connectivity index (χ1v) is 8.96. The quantitative estimate of drug-likeness (QED) is 0.487. The third kappa shape index (κ3) is 3.86. The number of nitrogens with one attached hydrogen (secondary N) is 1. The molecule has 1 fully saturated rings. The molecule has 0 atom stereocenters. The number of nitrogens with zero attached hydrogens (tertiary/aromatic N) is 2. The lowest BCUT2D eigenvalue weighted by atomic mass is 9.65. The van der Waals surface area contributed by atoms with Gasteiger partial charge in [-0.3, -0.25) is 4.99 Å². The Hall–Kier alpha value is -1.91. The van der Waals surface area contributed by atoms with Crippen LogP contribution in [0.15, 0.2) is 23.2 Å². The van der Waals surface area contributed by atoms with Crippen LogP contribution in [0.5, 0.6) is 11.5 Å². The molecular formula is C20H33N3O2. The molecule has 0 unspecified atom stereocenters. The molecule has 1 aliphatic heterocycles. The summed E-state index contributed by atoms with van der Waals surface area (Å²) in [5.41, 5.74) is 1.68. The molecule has 140 valence electrons. The van der Waals surface area contributed by atoms with Crippen LogP contribution in [0.3, 0.4) is 0 Å². The molecule has 1 N–H and O–H groups in total. The predicted molar refractivity (Wildman–Crippen MR) is 104 cm³/mol. The molecule has 5 nitrogen and oxygen atoms in total. The monoisotopic (exact) mass is 347 g/mol. The normalized spacial score (nSPS) is 18.5. The zero-order valence-corrected chi connectivity index (χ0v) is 16.8. The molecule has 1 aliphatic rings. The van der Waals surface area contributed by atoms with Crippen molar-refractivity contribution in [1.29, 1.82) is 0 Å². The van der Waals surface area contributed by atoms with Crippen molar-refractivity contribution >= 4 is 5.96 Å². The molecule has 1 heterocycles. The van der Waals surface area contributed by atoms with Crippen molar-refractivity contribution in [3.63, 3.8) is 0 Å². The zero-order valence-electron chi connectivity index (χ0n) is 16.8. The van der Waals surface area contributed by atoms with Crippen LogP contribution < -0.4 is 14.8 Å². The molecule has 0 aliphatic carbocycles. The maximum Gasteiger partial charge on any atom is 0.194 e. The highest BCUT2D eigenvalue weighted by atomic mass is 16.5. The van der Waals surface area contributed by atoms with Gasteiger partial charge in [-0.05, 0) is 44.4 Å². The SMILES string of the molecule is CN=C(NCCCc1ccc(OC)c(OC)c1)N1CC(C)(C)C1(C)C. The average molecular weight is 348 g/mol. The second-order valence-corrected chi connectivity index (χ2v) is 7.80. The fraction of sp³-hybridized carbons (Fsp3) is 0.650. The number of likely N-dealkylation sites (tertiary alicyclic amines) is 1. The van der Waals surface area contributed by atoms with Crippen molar-refractivity contribution in [2.24, 2.45) is 10.4 Å². The Labute approximate surface area is 152 Å². The minimum absolute atomic E-state index is 0.123. The van der Waals surface area contributed by atoms with Crippen molar-refractivity contribution in [3.8, 4) is 11.5 Å². The predicted octanol–water partition coefficient (Wildman–Crippen LogP) is 3.33. The van der Waals surface area contributed by atoms with E-state index in [4.69, 9.17) is 9.47 Å². The van der Waals surface area contributed by atoms with E-state index in [2.05, 4.69) is 55.0 Å². The van der Waals surface area contributed by atoms with Crippen LogP contribution in [0.4, 0.5) is 0 Å². The number of aryl methyl sites for hydroxylation is 1. The van der Waals surface area contributed by atoms with E-state index in [0.717, 1.165) is 43.4 Å². The van der Waals surface area contributed by atoms with E-state index in [1.54, 1.807) is 14.2 Å². The van der Waals surface area contributed by atoms with Crippen LogP contribution in [0.2, 0.25) is 0 Å². The maximum absolute atomic E-state index is 5.37. The van der Waals surface area contributed by atoms with E-state index >= 15 is 0 Å². The van der Waals surface area contributed by atoms with Gasteiger partial charge < -0.3 is 19.7 Å². The van der Waals surface area contributed by atoms with Gasteiger partial charge >= 0.3 is 0 Å². The molecule has 25 heavy (non-hydrogen) atoms. The highest BCUT2D eigenvalue weighted by Gasteiger charge is 2.53. The van der Waals surface area contributed by atoms with Gasteiger partial charge in [0.05, 0.1) is 14.2 Å². The van der Waals surface area contributed by atoms with Gasteiger partial charge in [-0.1, -0.05) is 19.9 Å². The van der Waals surface area contributed by atoms with Crippen molar-refractivity contribution in [2.75, 3.05) is 34.4 Å². The summed E-state index contributed by atoms with van der Waals surface area (Å²) >= 11 is 0. The maximum atomic E-state index is 5.37. The second-order valence-electron chi connectivity index (χ2n) is 7.80. The highest BCUT2D eigenvalue weighted by Crippen LogP contribution is 2.46. The number of rotatable bonds is 6. The molecule has 0 aromatic heterocycles. The van der Waals surface area contributed by atoms with E-state index in [-0.39, 0.29) is 5.54 Å². The summed E-state index contributed by atoms with van der Waals surface area (Å²) in [7, 11) is 5.19. The van der Waals surface area contributed by atoms with E-state index in [1.807, 2.05) is 13.1 Å². The first-order valence-electron chi connectivity index (χ1n) is 8.96. The minimum Gasteiger partial charge on any atom is -0.493 e. The summed E-state index contributed by atoms with van der Waals surface area (Å²) in [6, 6.07) is 6.11. The Bertz CT molecular complexity index is 623. The average Bonchev–Trinajstić information content (AvgIpc) is 2.60. The Balaban J connectivity index is 1.85. The number of hydrogen-bond donors (Lipinski definition) is 1. The molecule has 0 saturated carbocycles. The summed E-state index contributed by atoms with van der Waals surface area (Å²) < 4.78 is 10.7. The third-order valence-electron chi connectivity index (χ3n) is 5.73. The van der Waals surface area contributed by atoms with Crippen LogP contribution >= 0.6 is 0 Å². The van der Waals surface area contributed by atoms with Gasteiger partial charge in [0.25, 0.3) is 0 Å². The third-order valence-corrected chi connectivity index (χ3v) is 5.73.